The summed E-state index contributed by atoms with van der Waals surface area (Å²) in [6.45, 7) is 1.82. The monoisotopic (exact) mass is 285 g/mol. The maximum atomic E-state index is 11.2. The second-order valence-corrected chi connectivity index (χ2v) is 4.96. The van der Waals surface area contributed by atoms with Crippen molar-refractivity contribution in [3.05, 3.63) is 48.2 Å². The van der Waals surface area contributed by atoms with E-state index < -0.39 is 0 Å². The van der Waals surface area contributed by atoms with Crippen LogP contribution in [-0.2, 0) is 9.53 Å². The largest absolute Gasteiger partial charge is 0.466 e. The van der Waals surface area contributed by atoms with Gasteiger partial charge in [0.2, 0.25) is 0 Å². The SMILES string of the molecule is COC(=O)/C=C(\C)c1ccc(-c2cccc(N(C)C)c2)o1. The molecule has 4 nitrogen and oxygen atoms in total. The number of anilines is 1. The van der Waals surface area contributed by atoms with Crippen molar-refractivity contribution < 1.29 is 13.9 Å². The molecule has 1 aromatic heterocycles. The number of benzene rings is 1. The Morgan fingerprint density at radius 3 is 2.67 bits per heavy atom. The molecule has 4 heteroatoms. The van der Waals surface area contributed by atoms with Crippen LogP contribution in [0, 0.1) is 0 Å². The van der Waals surface area contributed by atoms with E-state index in [1.807, 2.05) is 56.3 Å². The van der Waals surface area contributed by atoms with Crippen LogP contribution in [0.2, 0.25) is 0 Å². The molecule has 0 aliphatic heterocycles. The van der Waals surface area contributed by atoms with Gasteiger partial charge in [0, 0.05) is 31.4 Å². The summed E-state index contributed by atoms with van der Waals surface area (Å²) in [5.74, 6) is 1.04. The van der Waals surface area contributed by atoms with E-state index in [0.717, 1.165) is 22.6 Å². The van der Waals surface area contributed by atoms with E-state index in [0.29, 0.717) is 5.76 Å². The van der Waals surface area contributed by atoms with Crippen molar-refractivity contribution in [2.24, 2.45) is 0 Å². The fourth-order valence-corrected chi connectivity index (χ4v) is 1.95. The van der Waals surface area contributed by atoms with Crippen LogP contribution in [0.15, 0.2) is 46.9 Å². The Hall–Kier alpha value is -2.49. The van der Waals surface area contributed by atoms with Gasteiger partial charge in [-0.2, -0.15) is 0 Å². The number of ether oxygens (including phenoxy) is 1. The molecule has 1 heterocycles. The van der Waals surface area contributed by atoms with Crippen molar-refractivity contribution in [3.63, 3.8) is 0 Å². The van der Waals surface area contributed by atoms with Gasteiger partial charge in [-0.3, -0.25) is 0 Å². The van der Waals surface area contributed by atoms with Crippen LogP contribution < -0.4 is 4.90 Å². The summed E-state index contributed by atoms with van der Waals surface area (Å²) in [5.41, 5.74) is 2.84. The summed E-state index contributed by atoms with van der Waals surface area (Å²) in [7, 11) is 5.35. The molecule has 0 amide bonds. The lowest BCUT2D eigenvalue weighted by Gasteiger charge is -2.12. The zero-order chi connectivity index (χ0) is 15.4. The minimum absolute atomic E-state index is 0.389. The second kappa shape index (κ2) is 6.31. The summed E-state index contributed by atoms with van der Waals surface area (Å²) >= 11 is 0. The number of allylic oxidation sites excluding steroid dienone is 1. The summed E-state index contributed by atoms with van der Waals surface area (Å²) in [6.07, 6.45) is 1.42. The van der Waals surface area contributed by atoms with Gasteiger partial charge < -0.3 is 14.1 Å². The average Bonchev–Trinajstić information content (AvgIpc) is 2.97. The van der Waals surface area contributed by atoms with Crippen molar-refractivity contribution in [2.45, 2.75) is 6.92 Å². The number of hydrogen-bond acceptors (Lipinski definition) is 4. The molecule has 0 saturated carbocycles. The highest BCUT2D eigenvalue weighted by Gasteiger charge is 2.08. The molecule has 0 spiro atoms. The molecule has 2 aromatic rings. The number of rotatable bonds is 4. The zero-order valence-corrected chi connectivity index (χ0v) is 12.7. The maximum absolute atomic E-state index is 11.2. The summed E-state index contributed by atoms with van der Waals surface area (Å²) < 4.78 is 10.4. The highest BCUT2D eigenvalue weighted by atomic mass is 16.5. The maximum Gasteiger partial charge on any atom is 0.330 e. The molecule has 0 unspecified atom stereocenters. The third-order valence-corrected chi connectivity index (χ3v) is 3.18. The van der Waals surface area contributed by atoms with Gasteiger partial charge in [0.15, 0.2) is 0 Å². The van der Waals surface area contributed by atoms with E-state index in [4.69, 9.17) is 4.42 Å². The molecule has 0 aliphatic rings. The number of carbonyl (C=O) groups excluding carboxylic acids is 1. The predicted molar refractivity (Wildman–Crippen MR) is 84.1 cm³/mol. The lowest BCUT2D eigenvalue weighted by atomic mass is 10.1. The first-order valence-electron chi connectivity index (χ1n) is 6.65. The quantitative estimate of drug-likeness (QED) is 0.636. The second-order valence-electron chi connectivity index (χ2n) is 4.96. The van der Waals surface area contributed by atoms with Gasteiger partial charge >= 0.3 is 5.97 Å². The molecule has 0 saturated heterocycles. The van der Waals surface area contributed by atoms with Gasteiger partial charge in [0.1, 0.15) is 11.5 Å². The fourth-order valence-electron chi connectivity index (χ4n) is 1.95. The smallest absolute Gasteiger partial charge is 0.330 e. The Kier molecular flexibility index (Phi) is 4.48. The van der Waals surface area contributed by atoms with Gasteiger partial charge in [-0.25, -0.2) is 4.79 Å². The molecule has 0 radical (unpaired) electrons. The Morgan fingerprint density at radius 1 is 1.24 bits per heavy atom. The molecule has 2 rings (SSSR count). The molecule has 0 fully saturated rings. The highest BCUT2D eigenvalue weighted by Crippen LogP contribution is 2.28. The third kappa shape index (κ3) is 3.54. The Bertz CT molecular complexity index is 668. The number of methoxy groups -OCH3 is 1. The van der Waals surface area contributed by atoms with Crippen LogP contribution in [-0.4, -0.2) is 27.2 Å². The molecular formula is C17H19NO3. The standard InChI is InChI=1S/C17H19NO3/c1-12(10-17(19)20-4)15-8-9-16(21-15)13-6-5-7-14(11-13)18(2)3/h5-11H,1-4H3/b12-10+. The minimum Gasteiger partial charge on any atom is -0.466 e. The van der Waals surface area contributed by atoms with E-state index >= 15 is 0 Å². The number of carbonyl (C=O) groups is 1. The van der Waals surface area contributed by atoms with Gasteiger partial charge in [0.25, 0.3) is 0 Å². The van der Waals surface area contributed by atoms with Gasteiger partial charge in [-0.05, 0) is 36.8 Å². The van der Waals surface area contributed by atoms with Crippen LogP contribution in [0.4, 0.5) is 5.69 Å². The van der Waals surface area contributed by atoms with E-state index in [-0.39, 0.29) is 5.97 Å². The Balaban J connectivity index is 2.30. The fraction of sp³-hybridized carbons (Fsp3) is 0.235. The lowest BCUT2D eigenvalue weighted by Crippen LogP contribution is -2.08. The summed E-state index contributed by atoms with van der Waals surface area (Å²) in [5, 5.41) is 0. The van der Waals surface area contributed by atoms with Crippen LogP contribution in [0.25, 0.3) is 16.9 Å². The van der Waals surface area contributed by atoms with Gasteiger partial charge in [-0.1, -0.05) is 12.1 Å². The van der Waals surface area contributed by atoms with Crippen LogP contribution in [0.3, 0.4) is 0 Å². The van der Waals surface area contributed by atoms with E-state index in [9.17, 15) is 4.79 Å². The summed E-state index contributed by atoms with van der Waals surface area (Å²) in [4.78, 5) is 13.3. The topological polar surface area (TPSA) is 42.7 Å². The molecule has 0 bridgehead atoms. The third-order valence-electron chi connectivity index (χ3n) is 3.18. The number of hydrogen-bond donors (Lipinski definition) is 0. The zero-order valence-electron chi connectivity index (χ0n) is 12.7. The average molecular weight is 285 g/mol. The number of nitrogens with zero attached hydrogens (tertiary/aromatic N) is 1. The van der Waals surface area contributed by atoms with E-state index in [1.54, 1.807) is 0 Å². The molecule has 1 aromatic carbocycles. The lowest BCUT2D eigenvalue weighted by molar-refractivity contribution is -0.134. The predicted octanol–water partition coefficient (Wildman–Crippen LogP) is 3.59. The molecule has 0 atom stereocenters. The van der Waals surface area contributed by atoms with Crippen molar-refractivity contribution in [1.29, 1.82) is 0 Å². The Morgan fingerprint density at radius 2 is 2.00 bits per heavy atom. The van der Waals surface area contributed by atoms with E-state index in [2.05, 4.69) is 10.8 Å². The van der Waals surface area contributed by atoms with Crippen molar-refractivity contribution in [1.82, 2.24) is 0 Å². The molecular weight excluding hydrogens is 266 g/mol. The molecule has 0 aliphatic carbocycles. The van der Waals surface area contributed by atoms with Crippen LogP contribution in [0.1, 0.15) is 12.7 Å². The van der Waals surface area contributed by atoms with Crippen LogP contribution in [0.5, 0.6) is 0 Å². The van der Waals surface area contributed by atoms with Gasteiger partial charge in [-0.15, -0.1) is 0 Å². The normalized spacial score (nSPS) is 11.3. The van der Waals surface area contributed by atoms with Gasteiger partial charge in [0.05, 0.1) is 7.11 Å². The van der Waals surface area contributed by atoms with Crippen molar-refractivity contribution in [3.8, 4) is 11.3 Å². The first kappa shape index (κ1) is 14.9. The van der Waals surface area contributed by atoms with E-state index in [1.165, 1.54) is 13.2 Å². The minimum atomic E-state index is -0.389. The highest BCUT2D eigenvalue weighted by molar-refractivity contribution is 5.90. The molecule has 0 N–H and O–H groups in total. The van der Waals surface area contributed by atoms with Crippen molar-refractivity contribution in [2.75, 3.05) is 26.1 Å². The summed E-state index contributed by atoms with van der Waals surface area (Å²) in [6, 6.07) is 11.8. The van der Waals surface area contributed by atoms with Crippen LogP contribution >= 0.6 is 0 Å². The number of esters is 1. The first-order chi connectivity index (χ1) is 10.0. The molecule has 21 heavy (non-hydrogen) atoms. The first-order valence-corrected chi connectivity index (χ1v) is 6.65. The Labute approximate surface area is 124 Å². The number of furan rings is 1. The molecule has 110 valence electrons. The van der Waals surface area contributed by atoms with Crippen molar-refractivity contribution >= 4 is 17.2 Å².